The summed E-state index contributed by atoms with van der Waals surface area (Å²) in [6.45, 7) is 6.92. The first kappa shape index (κ1) is 16.8. The molecular formula is C17H17NO4S. The zero-order valence-electron chi connectivity index (χ0n) is 12.9. The Labute approximate surface area is 135 Å². The molecule has 0 saturated carbocycles. The van der Waals surface area contributed by atoms with Gasteiger partial charge in [-0.25, -0.2) is 13.2 Å². The van der Waals surface area contributed by atoms with Gasteiger partial charge in [-0.1, -0.05) is 24.3 Å². The molecule has 2 aromatic rings. The highest BCUT2D eigenvalue weighted by Gasteiger charge is 2.14. The van der Waals surface area contributed by atoms with Crippen LogP contribution in [0, 0.1) is 6.92 Å². The van der Waals surface area contributed by atoms with Crippen molar-refractivity contribution in [2.24, 2.45) is 0 Å². The van der Waals surface area contributed by atoms with Crippen molar-refractivity contribution in [1.82, 2.24) is 0 Å². The third-order valence-electron chi connectivity index (χ3n) is 3.00. The maximum absolute atomic E-state index is 12.3. The van der Waals surface area contributed by atoms with Crippen LogP contribution in [0.25, 0.3) is 0 Å². The van der Waals surface area contributed by atoms with E-state index in [0.717, 1.165) is 5.56 Å². The van der Waals surface area contributed by atoms with Crippen molar-refractivity contribution in [1.29, 1.82) is 0 Å². The van der Waals surface area contributed by atoms with E-state index in [9.17, 15) is 13.2 Å². The number of esters is 1. The third kappa shape index (κ3) is 4.43. The van der Waals surface area contributed by atoms with E-state index in [1.54, 1.807) is 31.2 Å². The van der Waals surface area contributed by atoms with E-state index in [1.807, 2.05) is 6.92 Å². The zero-order valence-corrected chi connectivity index (χ0v) is 13.7. The fraction of sp³-hybridized carbons (Fsp3) is 0.118. The smallest absolute Gasteiger partial charge is 0.338 e. The van der Waals surface area contributed by atoms with Gasteiger partial charge in [-0.3, -0.25) is 4.72 Å². The molecule has 0 aliphatic heterocycles. The van der Waals surface area contributed by atoms with Gasteiger partial charge in [0.2, 0.25) is 0 Å². The van der Waals surface area contributed by atoms with Crippen molar-refractivity contribution in [3.63, 3.8) is 0 Å². The van der Waals surface area contributed by atoms with Gasteiger partial charge in [-0.15, -0.1) is 0 Å². The second-order valence-electron chi connectivity index (χ2n) is 5.11. The summed E-state index contributed by atoms with van der Waals surface area (Å²) in [4.78, 5) is 11.6. The Balaban J connectivity index is 2.12. The number of sulfonamides is 1. The molecule has 0 bridgehead atoms. The molecule has 0 fully saturated rings. The van der Waals surface area contributed by atoms with Gasteiger partial charge in [0, 0.05) is 11.3 Å². The zero-order chi connectivity index (χ0) is 17.0. The maximum atomic E-state index is 12.3. The number of carbonyl (C=O) groups is 1. The van der Waals surface area contributed by atoms with Crippen LogP contribution in [0.15, 0.2) is 65.6 Å². The molecule has 0 aromatic heterocycles. The minimum absolute atomic E-state index is 0.181. The van der Waals surface area contributed by atoms with E-state index in [4.69, 9.17) is 4.74 Å². The number of rotatable bonds is 5. The van der Waals surface area contributed by atoms with Crippen molar-refractivity contribution in [3.8, 4) is 5.75 Å². The summed E-state index contributed by atoms with van der Waals surface area (Å²) < 4.78 is 32.0. The number of aryl methyl sites for hydroxylation is 1. The standard InChI is InChI=1S/C17H17NO4S/c1-12(2)17(19)22-15-8-6-14(7-9-15)18-23(20,21)16-10-4-13(3)5-11-16/h4-11,18H,1H2,2-3H3. The predicted octanol–water partition coefficient (Wildman–Crippen LogP) is 3.28. The first-order valence-corrected chi connectivity index (χ1v) is 8.33. The first-order chi connectivity index (χ1) is 10.8. The number of hydrogen-bond donors (Lipinski definition) is 1. The molecule has 0 aliphatic rings. The predicted molar refractivity (Wildman–Crippen MR) is 88.9 cm³/mol. The quantitative estimate of drug-likeness (QED) is 0.518. The molecule has 2 rings (SSSR count). The van der Waals surface area contributed by atoms with Gasteiger partial charge in [0.25, 0.3) is 10.0 Å². The van der Waals surface area contributed by atoms with Crippen LogP contribution in [0.1, 0.15) is 12.5 Å². The molecule has 1 N–H and O–H groups in total. The van der Waals surface area contributed by atoms with Gasteiger partial charge in [0.1, 0.15) is 5.75 Å². The topological polar surface area (TPSA) is 72.5 Å². The van der Waals surface area contributed by atoms with Gasteiger partial charge in [0.15, 0.2) is 0 Å². The lowest BCUT2D eigenvalue weighted by molar-refractivity contribution is -0.130. The highest BCUT2D eigenvalue weighted by Crippen LogP contribution is 2.20. The Morgan fingerprint density at radius 1 is 1.04 bits per heavy atom. The SMILES string of the molecule is C=C(C)C(=O)Oc1ccc(NS(=O)(=O)c2ccc(C)cc2)cc1. The highest BCUT2D eigenvalue weighted by molar-refractivity contribution is 7.92. The molecule has 6 heteroatoms. The van der Waals surface area contributed by atoms with Crippen molar-refractivity contribution in [2.45, 2.75) is 18.7 Å². The lowest BCUT2D eigenvalue weighted by Gasteiger charge is -2.09. The fourth-order valence-electron chi connectivity index (χ4n) is 1.72. The van der Waals surface area contributed by atoms with Crippen LogP contribution in [-0.2, 0) is 14.8 Å². The Morgan fingerprint density at radius 3 is 2.13 bits per heavy atom. The summed E-state index contributed by atoms with van der Waals surface area (Å²) in [6, 6.07) is 12.6. The first-order valence-electron chi connectivity index (χ1n) is 6.85. The summed E-state index contributed by atoms with van der Waals surface area (Å²) in [7, 11) is -3.65. The average Bonchev–Trinajstić information content (AvgIpc) is 2.49. The molecule has 0 heterocycles. The van der Waals surface area contributed by atoms with Crippen LogP contribution in [-0.4, -0.2) is 14.4 Å². The summed E-state index contributed by atoms with van der Waals surface area (Å²) >= 11 is 0. The Morgan fingerprint density at radius 2 is 1.61 bits per heavy atom. The van der Waals surface area contributed by atoms with Crippen LogP contribution in [0.3, 0.4) is 0 Å². The second kappa shape index (κ2) is 6.66. The minimum atomic E-state index is -3.65. The Bertz CT molecular complexity index is 822. The van der Waals surface area contributed by atoms with Crippen LogP contribution < -0.4 is 9.46 Å². The number of anilines is 1. The largest absolute Gasteiger partial charge is 0.423 e. The molecule has 120 valence electrons. The third-order valence-corrected chi connectivity index (χ3v) is 4.39. The number of ether oxygens (including phenoxy) is 1. The summed E-state index contributed by atoms with van der Waals surface area (Å²) in [5.41, 5.74) is 1.64. The molecule has 0 atom stereocenters. The van der Waals surface area contributed by atoms with Gasteiger partial charge in [0.05, 0.1) is 4.90 Å². The molecular weight excluding hydrogens is 314 g/mol. The molecule has 0 aliphatic carbocycles. The van der Waals surface area contributed by atoms with E-state index < -0.39 is 16.0 Å². The van der Waals surface area contributed by atoms with E-state index in [0.29, 0.717) is 11.4 Å². The van der Waals surface area contributed by atoms with Crippen LogP contribution >= 0.6 is 0 Å². The minimum Gasteiger partial charge on any atom is -0.423 e. The average molecular weight is 331 g/mol. The molecule has 23 heavy (non-hydrogen) atoms. The van der Waals surface area contributed by atoms with Crippen molar-refractivity contribution in [3.05, 3.63) is 66.2 Å². The lowest BCUT2D eigenvalue weighted by Crippen LogP contribution is -2.13. The Hall–Kier alpha value is -2.60. The van der Waals surface area contributed by atoms with Crippen LogP contribution in [0.5, 0.6) is 5.75 Å². The van der Waals surface area contributed by atoms with Crippen LogP contribution in [0.2, 0.25) is 0 Å². The number of carbonyl (C=O) groups excluding carboxylic acids is 1. The number of nitrogens with one attached hydrogen (secondary N) is 1. The van der Waals surface area contributed by atoms with Gasteiger partial charge >= 0.3 is 5.97 Å². The van der Waals surface area contributed by atoms with Gasteiger partial charge in [-0.05, 0) is 50.2 Å². The Kier molecular flexibility index (Phi) is 4.86. The molecule has 2 aromatic carbocycles. The fourth-order valence-corrected chi connectivity index (χ4v) is 2.78. The molecule has 0 unspecified atom stereocenters. The molecule has 0 spiro atoms. The number of benzene rings is 2. The second-order valence-corrected chi connectivity index (χ2v) is 6.80. The summed E-state index contributed by atoms with van der Waals surface area (Å²) in [5.74, 6) is -0.214. The van der Waals surface area contributed by atoms with E-state index >= 15 is 0 Å². The van der Waals surface area contributed by atoms with E-state index in [-0.39, 0.29) is 10.5 Å². The van der Waals surface area contributed by atoms with Gasteiger partial charge in [-0.2, -0.15) is 0 Å². The van der Waals surface area contributed by atoms with Crippen molar-refractivity contribution < 1.29 is 17.9 Å². The normalized spacial score (nSPS) is 10.9. The monoisotopic (exact) mass is 331 g/mol. The van der Waals surface area contributed by atoms with Crippen LogP contribution in [0.4, 0.5) is 5.69 Å². The van der Waals surface area contributed by atoms with E-state index in [2.05, 4.69) is 11.3 Å². The van der Waals surface area contributed by atoms with Crippen molar-refractivity contribution >= 4 is 21.7 Å². The molecule has 0 amide bonds. The lowest BCUT2D eigenvalue weighted by atomic mass is 10.2. The maximum Gasteiger partial charge on any atom is 0.338 e. The van der Waals surface area contributed by atoms with Crippen molar-refractivity contribution in [2.75, 3.05) is 4.72 Å². The van der Waals surface area contributed by atoms with Gasteiger partial charge < -0.3 is 4.74 Å². The number of hydrogen-bond acceptors (Lipinski definition) is 4. The summed E-state index contributed by atoms with van der Waals surface area (Å²) in [5, 5.41) is 0. The molecule has 5 nitrogen and oxygen atoms in total. The highest BCUT2D eigenvalue weighted by atomic mass is 32.2. The van der Waals surface area contributed by atoms with E-state index in [1.165, 1.54) is 24.3 Å². The summed E-state index contributed by atoms with van der Waals surface area (Å²) in [6.07, 6.45) is 0. The molecule has 0 radical (unpaired) electrons. The molecule has 0 saturated heterocycles.